The van der Waals surface area contributed by atoms with Crippen LogP contribution in [0, 0.1) is 11.6 Å². The fraction of sp³-hybridized carbons (Fsp3) is 0.0667. The molecule has 0 heterocycles. The molecule has 0 aliphatic heterocycles. The molecule has 1 amide bonds. The third kappa shape index (κ3) is 4.17. The van der Waals surface area contributed by atoms with E-state index in [9.17, 15) is 18.4 Å². The maximum absolute atomic E-state index is 13.1. The lowest BCUT2D eigenvalue weighted by atomic mass is 10.2. The largest absolute Gasteiger partial charge is 0.465 e. The van der Waals surface area contributed by atoms with Gasteiger partial charge in [-0.1, -0.05) is 11.6 Å². The number of nitrogens with one attached hydrogen (secondary N) is 1. The second-order valence-corrected chi connectivity index (χ2v) is 4.68. The van der Waals surface area contributed by atoms with Crippen molar-refractivity contribution in [2.45, 2.75) is 0 Å². The van der Waals surface area contributed by atoms with Gasteiger partial charge in [-0.3, -0.25) is 5.32 Å². The lowest BCUT2D eigenvalue weighted by Crippen LogP contribution is -2.17. The SMILES string of the molecule is COC(=O)c1ccc(OC(=O)Nc2cc(F)c(F)cc2Cl)cc1. The predicted molar refractivity (Wildman–Crippen MR) is 78.8 cm³/mol. The highest BCUT2D eigenvalue weighted by molar-refractivity contribution is 6.33. The molecule has 0 unspecified atom stereocenters. The van der Waals surface area contributed by atoms with Crippen molar-refractivity contribution in [1.82, 2.24) is 0 Å². The van der Waals surface area contributed by atoms with Crippen molar-refractivity contribution in [3.63, 3.8) is 0 Å². The van der Waals surface area contributed by atoms with E-state index in [1.54, 1.807) is 0 Å². The Hall–Kier alpha value is -2.67. The Morgan fingerprint density at radius 2 is 1.70 bits per heavy atom. The van der Waals surface area contributed by atoms with Gasteiger partial charge in [0.05, 0.1) is 23.4 Å². The van der Waals surface area contributed by atoms with Crippen LogP contribution in [0.25, 0.3) is 0 Å². The van der Waals surface area contributed by atoms with Crippen molar-refractivity contribution in [2.24, 2.45) is 0 Å². The Balaban J connectivity index is 2.05. The van der Waals surface area contributed by atoms with Gasteiger partial charge in [0, 0.05) is 6.07 Å². The van der Waals surface area contributed by atoms with E-state index in [2.05, 4.69) is 10.1 Å². The van der Waals surface area contributed by atoms with Crippen LogP contribution in [0.15, 0.2) is 36.4 Å². The van der Waals surface area contributed by atoms with Crippen molar-refractivity contribution >= 4 is 29.4 Å². The first kappa shape index (κ1) is 16.7. The van der Waals surface area contributed by atoms with Crippen molar-refractivity contribution in [1.29, 1.82) is 0 Å². The third-order valence-electron chi connectivity index (χ3n) is 2.73. The number of ether oxygens (including phenoxy) is 2. The maximum Gasteiger partial charge on any atom is 0.417 e. The molecule has 0 bridgehead atoms. The highest BCUT2D eigenvalue weighted by atomic mass is 35.5. The van der Waals surface area contributed by atoms with Gasteiger partial charge in [-0.25, -0.2) is 18.4 Å². The van der Waals surface area contributed by atoms with E-state index in [1.807, 2.05) is 0 Å². The molecule has 8 heteroatoms. The van der Waals surface area contributed by atoms with E-state index in [4.69, 9.17) is 16.3 Å². The molecular formula is C15H10ClF2NO4. The summed E-state index contributed by atoms with van der Waals surface area (Å²) in [6, 6.07) is 7.02. The zero-order chi connectivity index (χ0) is 17.0. The van der Waals surface area contributed by atoms with Crippen LogP contribution in [-0.4, -0.2) is 19.2 Å². The van der Waals surface area contributed by atoms with Gasteiger partial charge in [-0.05, 0) is 30.3 Å². The molecule has 23 heavy (non-hydrogen) atoms. The van der Waals surface area contributed by atoms with Crippen LogP contribution in [0.3, 0.4) is 0 Å². The molecule has 0 radical (unpaired) electrons. The summed E-state index contributed by atoms with van der Waals surface area (Å²) in [5.74, 6) is -2.69. The zero-order valence-corrected chi connectivity index (χ0v) is 12.5. The van der Waals surface area contributed by atoms with Crippen LogP contribution in [0.5, 0.6) is 5.75 Å². The van der Waals surface area contributed by atoms with Crippen molar-refractivity contribution in [3.8, 4) is 5.75 Å². The number of esters is 1. The molecule has 0 saturated carbocycles. The highest BCUT2D eigenvalue weighted by Crippen LogP contribution is 2.25. The van der Waals surface area contributed by atoms with Gasteiger partial charge in [0.2, 0.25) is 0 Å². The molecule has 0 aliphatic carbocycles. The lowest BCUT2D eigenvalue weighted by molar-refractivity contribution is 0.0600. The molecule has 2 aromatic rings. The Kier molecular flexibility index (Phi) is 5.13. The van der Waals surface area contributed by atoms with E-state index < -0.39 is 23.7 Å². The van der Waals surface area contributed by atoms with E-state index in [0.29, 0.717) is 0 Å². The van der Waals surface area contributed by atoms with Crippen LogP contribution in [0.1, 0.15) is 10.4 Å². The number of carbonyl (C=O) groups excluding carboxylic acids is 2. The second-order valence-electron chi connectivity index (χ2n) is 4.28. The van der Waals surface area contributed by atoms with Crippen molar-refractivity contribution in [2.75, 3.05) is 12.4 Å². The third-order valence-corrected chi connectivity index (χ3v) is 3.05. The molecule has 2 aromatic carbocycles. The molecule has 0 atom stereocenters. The highest BCUT2D eigenvalue weighted by Gasteiger charge is 2.13. The Bertz CT molecular complexity index is 750. The van der Waals surface area contributed by atoms with Gasteiger partial charge < -0.3 is 9.47 Å². The summed E-state index contributed by atoms with van der Waals surface area (Å²) >= 11 is 5.69. The van der Waals surface area contributed by atoms with Crippen LogP contribution >= 0.6 is 11.6 Å². The smallest absolute Gasteiger partial charge is 0.417 e. The zero-order valence-electron chi connectivity index (χ0n) is 11.7. The normalized spacial score (nSPS) is 10.1. The first-order chi connectivity index (χ1) is 10.9. The van der Waals surface area contributed by atoms with E-state index >= 15 is 0 Å². The average Bonchev–Trinajstić information content (AvgIpc) is 2.52. The lowest BCUT2D eigenvalue weighted by Gasteiger charge is -2.09. The molecule has 0 saturated heterocycles. The summed E-state index contributed by atoms with van der Waals surface area (Å²) in [5.41, 5.74) is 0.144. The Labute approximate surface area is 134 Å². The van der Waals surface area contributed by atoms with Gasteiger partial charge in [0.1, 0.15) is 5.75 Å². The summed E-state index contributed by atoms with van der Waals surface area (Å²) in [6.45, 7) is 0. The number of amides is 1. The van der Waals surface area contributed by atoms with E-state index in [0.717, 1.165) is 12.1 Å². The fourth-order valence-electron chi connectivity index (χ4n) is 1.64. The number of halogens is 3. The number of carbonyl (C=O) groups is 2. The molecule has 1 N–H and O–H groups in total. The van der Waals surface area contributed by atoms with Crippen LogP contribution in [0.4, 0.5) is 19.3 Å². The van der Waals surface area contributed by atoms with Gasteiger partial charge >= 0.3 is 12.1 Å². The van der Waals surface area contributed by atoms with Crippen LogP contribution in [0.2, 0.25) is 5.02 Å². The quantitative estimate of drug-likeness (QED) is 0.676. The van der Waals surface area contributed by atoms with Gasteiger partial charge in [0.25, 0.3) is 0 Å². The first-order valence-electron chi connectivity index (χ1n) is 6.22. The number of hydrogen-bond donors (Lipinski definition) is 1. The van der Waals surface area contributed by atoms with Gasteiger partial charge in [-0.15, -0.1) is 0 Å². The monoisotopic (exact) mass is 341 g/mol. The number of benzene rings is 2. The van der Waals surface area contributed by atoms with Gasteiger partial charge in [0.15, 0.2) is 11.6 Å². The van der Waals surface area contributed by atoms with Crippen LogP contribution < -0.4 is 10.1 Å². The molecule has 5 nitrogen and oxygen atoms in total. The van der Waals surface area contributed by atoms with Crippen molar-refractivity contribution in [3.05, 3.63) is 58.6 Å². The van der Waals surface area contributed by atoms with E-state index in [1.165, 1.54) is 31.4 Å². The number of anilines is 1. The Morgan fingerprint density at radius 1 is 1.09 bits per heavy atom. The predicted octanol–water partition coefficient (Wildman–Crippen LogP) is 4.02. The number of hydrogen-bond acceptors (Lipinski definition) is 4. The van der Waals surface area contributed by atoms with Crippen LogP contribution in [-0.2, 0) is 4.74 Å². The minimum atomic E-state index is -1.16. The Morgan fingerprint density at radius 3 is 2.30 bits per heavy atom. The molecule has 120 valence electrons. The maximum atomic E-state index is 13.1. The number of methoxy groups -OCH3 is 1. The molecule has 0 aliphatic rings. The number of rotatable bonds is 3. The summed E-state index contributed by atoms with van der Waals surface area (Å²) < 4.78 is 35.5. The summed E-state index contributed by atoms with van der Waals surface area (Å²) in [4.78, 5) is 23.0. The van der Waals surface area contributed by atoms with Crippen molar-refractivity contribution < 1.29 is 27.8 Å². The summed E-state index contributed by atoms with van der Waals surface area (Å²) in [5, 5.41) is 2.01. The average molecular weight is 342 g/mol. The molecular weight excluding hydrogens is 332 g/mol. The summed E-state index contributed by atoms with van der Waals surface area (Å²) in [7, 11) is 1.24. The molecule has 2 rings (SSSR count). The second kappa shape index (κ2) is 7.06. The molecule has 0 aromatic heterocycles. The molecule has 0 spiro atoms. The minimum Gasteiger partial charge on any atom is -0.465 e. The van der Waals surface area contributed by atoms with Gasteiger partial charge in [-0.2, -0.15) is 0 Å². The summed E-state index contributed by atoms with van der Waals surface area (Å²) in [6.07, 6.45) is -0.955. The van der Waals surface area contributed by atoms with E-state index in [-0.39, 0.29) is 22.0 Å². The fourth-order valence-corrected chi connectivity index (χ4v) is 1.84. The first-order valence-corrected chi connectivity index (χ1v) is 6.60. The molecule has 0 fully saturated rings. The minimum absolute atomic E-state index is 0.133. The standard InChI is InChI=1S/C15H10ClF2NO4/c1-22-14(20)8-2-4-9(5-3-8)23-15(21)19-13-7-12(18)11(17)6-10(13)16/h2-7H,1H3,(H,19,21). The topological polar surface area (TPSA) is 64.6 Å².